The van der Waals surface area contributed by atoms with Gasteiger partial charge in [0.2, 0.25) is 0 Å². The molecule has 0 aliphatic heterocycles. The first kappa shape index (κ1) is 14.4. The zero-order valence-corrected chi connectivity index (χ0v) is 11.8. The molecule has 0 saturated heterocycles. The zero-order chi connectivity index (χ0) is 13.8. The highest BCUT2D eigenvalue weighted by molar-refractivity contribution is 6.31. The van der Waals surface area contributed by atoms with Crippen LogP contribution in [0.1, 0.15) is 23.1 Å². The fourth-order valence-corrected chi connectivity index (χ4v) is 2.50. The first-order valence-corrected chi connectivity index (χ1v) is 6.77. The van der Waals surface area contributed by atoms with Crippen molar-refractivity contribution in [3.8, 4) is 0 Å². The summed E-state index contributed by atoms with van der Waals surface area (Å²) in [5, 5.41) is 11.7. The second kappa shape index (κ2) is 6.40. The van der Waals surface area contributed by atoms with Gasteiger partial charge in [-0.25, -0.2) is 0 Å². The number of aliphatic hydroxyl groups is 1. The Balaban J connectivity index is 2.32. The van der Waals surface area contributed by atoms with E-state index in [4.69, 9.17) is 28.9 Å². The van der Waals surface area contributed by atoms with E-state index in [9.17, 15) is 5.11 Å². The van der Waals surface area contributed by atoms with Crippen LogP contribution in [0.25, 0.3) is 0 Å². The lowest BCUT2D eigenvalue weighted by Gasteiger charge is -2.23. The van der Waals surface area contributed by atoms with Gasteiger partial charge in [0.15, 0.2) is 0 Å². The van der Waals surface area contributed by atoms with Crippen LogP contribution in [0.15, 0.2) is 48.5 Å². The molecule has 3 N–H and O–H groups in total. The molecule has 2 rings (SSSR count). The third kappa shape index (κ3) is 3.28. The predicted molar refractivity (Wildman–Crippen MR) is 79.7 cm³/mol. The molecule has 0 spiro atoms. The quantitative estimate of drug-likeness (QED) is 0.902. The van der Waals surface area contributed by atoms with Crippen LogP contribution < -0.4 is 5.73 Å². The van der Waals surface area contributed by atoms with Crippen molar-refractivity contribution in [2.24, 2.45) is 5.73 Å². The Kier molecular flexibility index (Phi) is 4.83. The van der Waals surface area contributed by atoms with Gasteiger partial charge in [0.25, 0.3) is 0 Å². The van der Waals surface area contributed by atoms with Crippen molar-refractivity contribution in [1.29, 1.82) is 0 Å². The van der Waals surface area contributed by atoms with Gasteiger partial charge in [-0.15, -0.1) is 0 Å². The molecule has 0 aliphatic carbocycles. The molecule has 100 valence electrons. The van der Waals surface area contributed by atoms with E-state index in [2.05, 4.69) is 0 Å². The molecule has 19 heavy (non-hydrogen) atoms. The summed E-state index contributed by atoms with van der Waals surface area (Å²) in [5.74, 6) is -0.241. The Bertz CT molecular complexity index is 542. The zero-order valence-electron chi connectivity index (χ0n) is 10.3. The second-order valence-electron chi connectivity index (χ2n) is 4.36. The van der Waals surface area contributed by atoms with Gasteiger partial charge in [-0.1, -0.05) is 53.5 Å². The highest BCUT2D eigenvalue weighted by Gasteiger charge is 2.23. The van der Waals surface area contributed by atoms with Gasteiger partial charge in [0.05, 0.1) is 6.10 Å². The molecule has 2 unspecified atom stereocenters. The highest BCUT2D eigenvalue weighted by Crippen LogP contribution is 2.34. The van der Waals surface area contributed by atoms with E-state index in [1.807, 2.05) is 18.2 Å². The maximum absolute atomic E-state index is 10.5. The lowest BCUT2D eigenvalue weighted by atomic mass is 9.89. The summed E-state index contributed by atoms with van der Waals surface area (Å²) in [4.78, 5) is 0. The number of hydrogen-bond donors (Lipinski definition) is 2. The largest absolute Gasteiger partial charge is 0.388 e. The number of aliphatic hydroxyl groups excluding tert-OH is 1. The molecular formula is C15H15Cl2NO. The van der Waals surface area contributed by atoms with Crippen LogP contribution in [-0.4, -0.2) is 11.7 Å². The van der Waals surface area contributed by atoms with Crippen molar-refractivity contribution in [2.75, 3.05) is 6.54 Å². The lowest BCUT2D eigenvalue weighted by Crippen LogP contribution is -2.20. The summed E-state index contributed by atoms with van der Waals surface area (Å²) >= 11 is 12.0. The van der Waals surface area contributed by atoms with Gasteiger partial charge in [0.1, 0.15) is 0 Å². The molecule has 4 heteroatoms. The van der Waals surface area contributed by atoms with Gasteiger partial charge in [-0.3, -0.25) is 0 Å². The molecule has 2 aromatic rings. The number of benzene rings is 2. The molecule has 0 bridgehead atoms. The van der Waals surface area contributed by atoms with Crippen molar-refractivity contribution in [3.63, 3.8) is 0 Å². The first-order valence-electron chi connectivity index (χ1n) is 6.01. The summed E-state index contributed by atoms with van der Waals surface area (Å²) in [6.45, 7) is 0.313. The number of rotatable bonds is 4. The molecule has 0 aromatic heterocycles. The SMILES string of the molecule is NCC(c1ccccc1Cl)C(O)c1ccc(Cl)cc1. The Morgan fingerprint density at radius 3 is 2.21 bits per heavy atom. The summed E-state index contributed by atoms with van der Waals surface area (Å²) in [7, 11) is 0. The van der Waals surface area contributed by atoms with Crippen molar-refractivity contribution in [1.82, 2.24) is 0 Å². The van der Waals surface area contributed by atoms with E-state index in [1.54, 1.807) is 30.3 Å². The Morgan fingerprint density at radius 1 is 1.00 bits per heavy atom. The van der Waals surface area contributed by atoms with Crippen LogP contribution in [0.2, 0.25) is 10.0 Å². The average molecular weight is 296 g/mol. The predicted octanol–water partition coefficient (Wildman–Crippen LogP) is 3.77. The normalized spacial score (nSPS) is 14.1. The Labute approximate surface area is 122 Å². The van der Waals surface area contributed by atoms with E-state index >= 15 is 0 Å². The topological polar surface area (TPSA) is 46.2 Å². The third-order valence-electron chi connectivity index (χ3n) is 3.15. The van der Waals surface area contributed by atoms with E-state index in [0.717, 1.165) is 11.1 Å². The first-order chi connectivity index (χ1) is 9.13. The minimum atomic E-state index is -0.706. The molecule has 0 radical (unpaired) electrons. The summed E-state index contributed by atoms with van der Waals surface area (Å²) in [6, 6.07) is 14.5. The van der Waals surface area contributed by atoms with Gasteiger partial charge >= 0.3 is 0 Å². The molecule has 2 atom stereocenters. The Morgan fingerprint density at radius 2 is 1.63 bits per heavy atom. The van der Waals surface area contributed by atoms with E-state index in [0.29, 0.717) is 16.6 Å². The monoisotopic (exact) mass is 295 g/mol. The molecule has 0 heterocycles. The highest BCUT2D eigenvalue weighted by atomic mass is 35.5. The summed E-state index contributed by atoms with van der Waals surface area (Å²) < 4.78 is 0. The summed E-state index contributed by atoms with van der Waals surface area (Å²) in [5.41, 5.74) is 7.43. The minimum absolute atomic E-state index is 0.241. The van der Waals surface area contributed by atoms with Crippen LogP contribution in [0.4, 0.5) is 0 Å². The molecule has 2 nitrogen and oxygen atoms in total. The van der Waals surface area contributed by atoms with Crippen molar-refractivity contribution in [3.05, 3.63) is 69.7 Å². The van der Waals surface area contributed by atoms with Crippen LogP contribution in [0, 0.1) is 0 Å². The third-order valence-corrected chi connectivity index (χ3v) is 3.75. The summed E-state index contributed by atoms with van der Waals surface area (Å²) in [6.07, 6.45) is -0.706. The molecule has 2 aromatic carbocycles. The van der Waals surface area contributed by atoms with Crippen molar-refractivity contribution >= 4 is 23.2 Å². The van der Waals surface area contributed by atoms with Crippen LogP contribution in [0.3, 0.4) is 0 Å². The molecule has 0 aliphatic rings. The van der Waals surface area contributed by atoms with Crippen molar-refractivity contribution < 1.29 is 5.11 Å². The number of hydrogen-bond acceptors (Lipinski definition) is 2. The standard InChI is InChI=1S/C15H15Cl2NO/c16-11-7-5-10(6-8-11)15(19)13(9-18)12-3-1-2-4-14(12)17/h1-8,13,15,19H,9,18H2. The maximum Gasteiger partial charge on any atom is 0.0871 e. The minimum Gasteiger partial charge on any atom is -0.388 e. The maximum atomic E-state index is 10.5. The fraction of sp³-hybridized carbons (Fsp3) is 0.200. The average Bonchev–Trinajstić information content (AvgIpc) is 2.42. The molecular weight excluding hydrogens is 281 g/mol. The van der Waals surface area contributed by atoms with Crippen LogP contribution >= 0.6 is 23.2 Å². The van der Waals surface area contributed by atoms with Gasteiger partial charge < -0.3 is 10.8 Å². The van der Waals surface area contributed by atoms with E-state index in [1.165, 1.54) is 0 Å². The van der Waals surface area contributed by atoms with Gasteiger partial charge in [-0.05, 0) is 29.3 Å². The van der Waals surface area contributed by atoms with E-state index in [-0.39, 0.29) is 5.92 Å². The van der Waals surface area contributed by atoms with Crippen LogP contribution in [0.5, 0.6) is 0 Å². The van der Waals surface area contributed by atoms with E-state index < -0.39 is 6.10 Å². The lowest BCUT2D eigenvalue weighted by molar-refractivity contribution is 0.147. The molecule has 0 amide bonds. The van der Waals surface area contributed by atoms with Crippen LogP contribution in [-0.2, 0) is 0 Å². The molecule has 0 fully saturated rings. The smallest absolute Gasteiger partial charge is 0.0871 e. The van der Waals surface area contributed by atoms with Gasteiger partial charge in [0, 0.05) is 22.5 Å². The molecule has 0 saturated carbocycles. The van der Waals surface area contributed by atoms with Crippen molar-refractivity contribution in [2.45, 2.75) is 12.0 Å². The fourth-order valence-electron chi connectivity index (χ4n) is 2.09. The Hall–Kier alpha value is -1.06. The number of halogens is 2. The number of nitrogens with two attached hydrogens (primary N) is 1. The second-order valence-corrected chi connectivity index (χ2v) is 5.20. The van der Waals surface area contributed by atoms with Gasteiger partial charge in [-0.2, -0.15) is 0 Å².